The van der Waals surface area contributed by atoms with Crippen LogP contribution in [0.15, 0.2) is 0 Å². The number of aliphatic hydroxyl groups excluding tert-OH is 3. The van der Waals surface area contributed by atoms with Crippen molar-refractivity contribution in [2.75, 3.05) is 0 Å². The molecule has 4 unspecified atom stereocenters. The second kappa shape index (κ2) is 9.38. The Kier molecular flexibility index (Phi) is 7.32. The third-order valence-electron chi connectivity index (χ3n) is 10.9. The van der Waals surface area contributed by atoms with E-state index < -0.39 is 39.1 Å². The summed E-state index contributed by atoms with van der Waals surface area (Å²) in [4.78, 5) is 12.0. The molecular weight excluding hydrogens is 499 g/mol. The van der Waals surface area contributed by atoms with E-state index in [-0.39, 0.29) is 59.9 Å². The highest BCUT2D eigenvalue weighted by Crippen LogP contribution is 2.68. The number of halogens is 3. The number of alkyl halides is 3. The number of amides is 1. The molecule has 0 aliphatic heterocycles. The first-order valence-corrected chi connectivity index (χ1v) is 14.7. The van der Waals surface area contributed by atoms with Gasteiger partial charge in [0, 0.05) is 6.42 Å². The molecule has 0 saturated heterocycles. The van der Waals surface area contributed by atoms with Crippen LogP contribution in [0.5, 0.6) is 0 Å². The van der Waals surface area contributed by atoms with Gasteiger partial charge in [-0.2, -0.15) is 21.6 Å². The summed E-state index contributed by atoms with van der Waals surface area (Å²) in [6.45, 7) is 6.21. The first kappa shape index (κ1) is 28.1. The van der Waals surface area contributed by atoms with E-state index in [0.29, 0.717) is 19.3 Å². The molecule has 0 heterocycles. The van der Waals surface area contributed by atoms with Gasteiger partial charge in [0.25, 0.3) is 0 Å². The Morgan fingerprint density at radius 1 is 1.06 bits per heavy atom. The minimum absolute atomic E-state index is 0.00335. The zero-order valence-corrected chi connectivity index (χ0v) is 22.0. The lowest BCUT2D eigenvalue weighted by Gasteiger charge is -2.63. The van der Waals surface area contributed by atoms with Gasteiger partial charge in [-0.1, -0.05) is 20.8 Å². The fourth-order valence-corrected chi connectivity index (χ4v) is 9.47. The van der Waals surface area contributed by atoms with Crippen molar-refractivity contribution in [2.24, 2.45) is 46.3 Å². The number of hydrogen-bond donors (Lipinski definition) is 4. The van der Waals surface area contributed by atoms with Gasteiger partial charge < -0.3 is 15.3 Å². The summed E-state index contributed by atoms with van der Waals surface area (Å²) >= 11 is 0. The lowest BCUT2D eigenvalue weighted by molar-refractivity contribution is -0.207. The first-order valence-electron chi connectivity index (χ1n) is 13.2. The minimum Gasteiger partial charge on any atom is -0.393 e. The van der Waals surface area contributed by atoms with Crippen LogP contribution in [0.25, 0.3) is 0 Å². The second-order valence-corrected chi connectivity index (χ2v) is 14.2. The highest BCUT2D eigenvalue weighted by Gasteiger charge is 2.65. The number of sulfonamides is 1. The van der Waals surface area contributed by atoms with E-state index in [1.54, 1.807) is 0 Å². The van der Waals surface area contributed by atoms with Crippen LogP contribution in [0.1, 0.15) is 78.6 Å². The minimum atomic E-state index is -5.73. The molecule has 4 rings (SSSR count). The molecule has 0 aromatic rings. The lowest BCUT2D eigenvalue weighted by atomic mass is 9.43. The summed E-state index contributed by atoms with van der Waals surface area (Å²) < 4.78 is 61.3. The van der Waals surface area contributed by atoms with E-state index in [9.17, 15) is 41.7 Å². The summed E-state index contributed by atoms with van der Waals surface area (Å²) in [6.07, 6.45) is 3.45. The van der Waals surface area contributed by atoms with Gasteiger partial charge in [-0.15, -0.1) is 0 Å². The summed E-state index contributed by atoms with van der Waals surface area (Å²) in [6, 6.07) is 0. The largest absolute Gasteiger partial charge is 0.516 e. The highest BCUT2D eigenvalue weighted by atomic mass is 32.2. The van der Waals surface area contributed by atoms with Crippen LogP contribution in [0.4, 0.5) is 13.2 Å². The van der Waals surface area contributed by atoms with Crippen molar-refractivity contribution in [3.63, 3.8) is 0 Å². The van der Waals surface area contributed by atoms with Gasteiger partial charge in [0.05, 0.1) is 18.3 Å². The molecular formula is C25H40F3NO6S. The number of aliphatic hydroxyl groups is 3. The molecule has 4 saturated carbocycles. The Morgan fingerprint density at radius 3 is 2.36 bits per heavy atom. The third kappa shape index (κ3) is 4.49. The smallest absolute Gasteiger partial charge is 0.393 e. The normalized spacial score (nSPS) is 45.8. The van der Waals surface area contributed by atoms with Crippen molar-refractivity contribution >= 4 is 15.9 Å². The summed E-state index contributed by atoms with van der Waals surface area (Å²) in [5, 5.41) is 33.1. The number of nitrogens with one attached hydrogen (secondary N) is 1. The number of fused-ring (bicyclic) bond motifs is 5. The summed E-state index contributed by atoms with van der Waals surface area (Å²) in [7, 11) is -5.73. The number of rotatable bonds is 5. The monoisotopic (exact) mass is 539 g/mol. The molecule has 0 aromatic heterocycles. The van der Waals surface area contributed by atoms with E-state index in [4.69, 9.17) is 0 Å². The van der Waals surface area contributed by atoms with E-state index >= 15 is 0 Å². The van der Waals surface area contributed by atoms with Gasteiger partial charge in [0.1, 0.15) is 0 Å². The molecule has 7 nitrogen and oxygen atoms in total. The number of hydrogen-bond acceptors (Lipinski definition) is 6. The van der Waals surface area contributed by atoms with Gasteiger partial charge in [-0.25, -0.2) is 4.72 Å². The van der Waals surface area contributed by atoms with Crippen molar-refractivity contribution in [1.29, 1.82) is 0 Å². The molecule has 0 spiro atoms. The van der Waals surface area contributed by atoms with Crippen molar-refractivity contribution in [3.8, 4) is 0 Å². The zero-order chi connectivity index (χ0) is 26.8. The fraction of sp³-hybridized carbons (Fsp3) is 0.960. The van der Waals surface area contributed by atoms with E-state index in [1.165, 1.54) is 0 Å². The molecule has 4 fully saturated rings. The van der Waals surface area contributed by atoms with Crippen LogP contribution in [0.3, 0.4) is 0 Å². The molecule has 4 N–H and O–H groups in total. The van der Waals surface area contributed by atoms with Crippen molar-refractivity contribution in [3.05, 3.63) is 0 Å². The first-order chi connectivity index (χ1) is 16.5. The molecule has 11 atom stereocenters. The van der Waals surface area contributed by atoms with Crippen LogP contribution in [-0.2, 0) is 14.8 Å². The molecule has 1 amide bonds. The van der Waals surface area contributed by atoms with E-state index in [1.807, 2.05) is 13.8 Å². The lowest BCUT2D eigenvalue weighted by Crippen LogP contribution is -2.62. The Balaban J connectivity index is 1.47. The molecule has 0 aromatic carbocycles. The predicted molar refractivity (Wildman–Crippen MR) is 126 cm³/mol. The second-order valence-electron chi connectivity index (χ2n) is 12.5. The average molecular weight is 540 g/mol. The van der Waals surface area contributed by atoms with E-state index in [2.05, 4.69) is 6.92 Å². The van der Waals surface area contributed by atoms with Crippen LogP contribution >= 0.6 is 0 Å². The fourth-order valence-electron chi connectivity index (χ4n) is 8.95. The molecule has 4 aliphatic carbocycles. The Morgan fingerprint density at radius 2 is 1.72 bits per heavy atom. The highest BCUT2D eigenvalue weighted by molar-refractivity contribution is 7.90. The SMILES string of the molecule is C[C@H](CCC(=O)NS(=O)(=O)C(F)(F)F)[C@H]1CC[C@H]2[C@@H]3C(O)C[C@@H]4CC(O)CCC4(C)[C@H]3CC(O)[C@]12C. The topological polar surface area (TPSA) is 124 Å². The summed E-state index contributed by atoms with van der Waals surface area (Å²) in [5.74, 6) is -0.832. The van der Waals surface area contributed by atoms with Gasteiger partial charge in [0.2, 0.25) is 5.91 Å². The number of carbonyl (C=O) groups is 1. The van der Waals surface area contributed by atoms with Crippen LogP contribution < -0.4 is 4.72 Å². The van der Waals surface area contributed by atoms with Gasteiger partial charge >= 0.3 is 15.5 Å². The van der Waals surface area contributed by atoms with Gasteiger partial charge in [-0.3, -0.25) is 4.79 Å². The third-order valence-corrected chi connectivity index (χ3v) is 12.0. The maximum Gasteiger partial charge on any atom is 0.516 e. The Labute approximate surface area is 211 Å². The maximum absolute atomic E-state index is 12.6. The molecule has 36 heavy (non-hydrogen) atoms. The molecule has 208 valence electrons. The Bertz CT molecular complexity index is 960. The molecule has 0 radical (unpaired) electrons. The van der Waals surface area contributed by atoms with Crippen LogP contribution in [0.2, 0.25) is 0 Å². The molecule has 11 heteroatoms. The van der Waals surface area contributed by atoms with E-state index in [0.717, 1.165) is 30.4 Å². The van der Waals surface area contributed by atoms with Gasteiger partial charge in [-0.05, 0) is 97.7 Å². The van der Waals surface area contributed by atoms with Crippen LogP contribution in [0, 0.1) is 46.3 Å². The zero-order valence-electron chi connectivity index (χ0n) is 21.2. The Hall–Kier alpha value is -0.910. The van der Waals surface area contributed by atoms with Crippen molar-refractivity contribution < 1.29 is 41.7 Å². The standard InChI is InChI=1S/C25H40F3NO6S/c1-13(4-7-21(33)29-36(34,35)25(26,27)28)16-5-6-17-22-18(12-20(32)24(16,17)3)23(2)9-8-15(30)10-14(23)11-19(22)31/h13-20,22,30-32H,4-12H2,1-3H3,(H,29,33)/t13-,14+,15?,16-,17+,18+,19?,20?,22+,23?,24-/m1/s1. The number of carbonyl (C=O) groups excluding carboxylic acids is 1. The van der Waals surface area contributed by atoms with Crippen molar-refractivity contribution in [1.82, 2.24) is 4.72 Å². The average Bonchev–Trinajstić information content (AvgIpc) is 3.11. The maximum atomic E-state index is 12.6. The van der Waals surface area contributed by atoms with Crippen LogP contribution in [-0.4, -0.2) is 53.5 Å². The van der Waals surface area contributed by atoms with Gasteiger partial charge in [0.15, 0.2) is 0 Å². The van der Waals surface area contributed by atoms with Crippen molar-refractivity contribution in [2.45, 2.75) is 102 Å². The predicted octanol–water partition coefficient (Wildman–Crippen LogP) is 3.33. The molecule has 0 bridgehead atoms. The quantitative estimate of drug-likeness (QED) is 0.425. The molecule has 4 aliphatic rings. The summed E-state index contributed by atoms with van der Waals surface area (Å²) in [5.41, 5.74) is -6.10.